The lowest BCUT2D eigenvalue weighted by Gasteiger charge is -2.15. The summed E-state index contributed by atoms with van der Waals surface area (Å²) in [5.41, 5.74) is 2.09. The minimum atomic E-state index is 0.182. The Morgan fingerprint density at radius 1 is 1.29 bits per heavy atom. The van der Waals surface area contributed by atoms with Gasteiger partial charge in [-0.05, 0) is 18.4 Å². The zero-order valence-corrected chi connectivity index (χ0v) is 13.3. The summed E-state index contributed by atoms with van der Waals surface area (Å²) in [5, 5.41) is 11.2. The van der Waals surface area contributed by atoms with E-state index in [9.17, 15) is 0 Å². The van der Waals surface area contributed by atoms with E-state index in [0.717, 1.165) is 28.5 Å². The van der Waals surface area contributed by atoms with E-state index in [1.54, 1.807) is 17.5 Å². The fourth-order valence-corrected chi connectivity index (χ4v) is 3.02. The van der Waals surface area contributed by atoms with Gasteiger partial charge in [0.05, 0.1) is 11.7 Å². The van der Waals surface area contributed by atoms with Crippen LogP contribution in [-0.2, 0) is 0 Å². The third-order valence-electron chi connectivity index (χ3n) is 3.47. The molecule has 0 amide bonds. The van der Waals surface area contributed by atoms with Gasteiger partial charge in [-0.15, -0.1) is 11.3 Å². The third-order valence-corrected chi connectivity index (χ3v) is 4.36. The zero-order chi connectivity index (χ0) is 14.8. The largest absolute Gasteiger partial charge is 0.359 e. The molecule has 3 aromatic rings. The smallest absolute Gasteiger partial charge is 0.152 e. The number of nitrogens with one attached hydrogen (secondary N) is 1. The number of rotatable bonds is 5. The number of anilines is 1. The Labute approximate surface area is 128 Å². The minimum absolute atomic E-state index is 0.182. The summed E-state index contributed by atoms with van der Waals surface area (Å²) >= 11 is 1.67. The maximum atomic E-state index is 4.59. The molecule has 5 nitrogen and oxygen atoms in total. The second-order valence-electron chi connectivity index (χ2n) is 5.31. The lowest BCUT2D eigenvalue weighted by atomic mass is 10.1. The van der Waals surface area contributed by atoms with Crippen molar-refractivity contribution in [3.8, 4) is 0 Å². The fraction of sp³-hybridized carbons (Fsp3) is 0.400. The average Bonchev–Trinajstić information content (AvgIpc) is 3.13. The standard InChI is InChI=1S/C15H19N5S/c1-4-11(15-17-6-8-21-15)18-14-13-9-12(10(2)3)19-20(13)7-5-16-14/h5-11H,4H2,1-3H3,(H,16,18). The van der Waals surface area contributed by atoms with E-state index in [2.05, 4.69) is 47.2 Å². The Kier molecular flexibility index (Phi) is 3.88. The van der Waals surface area contributed by atoms with Crippen LogP contribution < -0.4 is 5.32 Å². The molecule has 0 bridgehead atoms. The van der Waals surface area contributed by atoms with Crippen LogP contribution in [-0.4, -0.2) is 19.6 Å². The lowest BCUT2D eigenvalue weighted by Crippen LogP contribution is -2.11. The first kappa shape index (κ1) is 14.0. The summed E-state index contributed by atoms with van der Waals surface area (Å²) in [5.74, 6) is 1.26. The van der Waals surface area contributed by atoms with Gasteiger partial charge in [0.25, 0.3) is 0 Å². The molecule has 1 atom stereocenters. The molecular formula is C15H19N5S. The molecule has 6 heteroatoms. The van der Waals surface area contributed by atoms with Crippen LogP contribution in [0.15, 0.2) is 30.0 Å². The molecule has 0 aliphatic heterocycles. The first-order valence-electron chi connectivity index (χ1n) is 7.19. The van der Waals surface area contributed by atoms with E-state index >= 15 is 0 Å². The van der Waals surface area contributed by atoms with Crippen LogP contribution >= 0.6 is 11.3 Å². The number of thiazole rings is 1. The minimum Gasteiger partial charge on any atom is -0.359 e. The highest BCUT2D eigenvalue weighted by molar-refractivity contribution is 7.09. The normalized spacial score (nSPS) is 13.0. The van der Waals surface area contributed by atoms with E-state index in [-0.39, 0.29) is 6.04 Å². The Bertz CT molecular complexity index is 717. The number of fused-ring (bicyclic) bond motifs is 1. The molecule has 3 aromatic heterocycles. The van der Waals surface area contributed by atoms with Gasteiger partial charge < -0.3 is 5.32 Å². The quantitative estimate of drug-likeness (QED) is 0.777. The molecule has 1 N–H and O–H groups in total. The van der Waals surface area contributed by atoms with Crippen LogP contribution in [0.2, 0.25) is 0 Å². The zero-order valence-electron chi connectivity index (χ0n) is 12.4. The monoisotopic (exact) mass is 301 g/mol. The summed E-state index contributed by atoms with van der Waals surface area (Å²) < 4.78 is 1.89. The molecule has 21 heavy (non-hydrogen) atoms. The van der Waals surface area contributed by atoms with Gasteiger partial charge in [-0.1, -0.05) is 20.8 Å². The summed E-state index contributed by atoms with van der Waals surface area (Å²) in [7, 11) is 0. The van der Waals surface area contributed by atoms with Crippen LogP contribution in [0.1, 0.15) is 49.9 Å². The molecule has 1 unspecified atom stereocenters. The number of hydrogen-bond acceptors (Lipinski definition) is 5. The maximum Gasteiger partial charge on any atom is 0.152 e. The predicted octanol–water partition coefficient (Wildman–Crippen LogP) is 3.87. The Hall–Kier alpha value is -1.95. The van der Waals surface area contributed by atoms with Crippen molar-refractivity contribution in [2.24, 2.45) is 0 Å². The predicted molar refractivity (Wildman–Crippen MR) is 85.8 cm³/mol. The molecule has 0 fully saturated rings. The van der Waals surface area contributed by atoms with Crippen LogP contribution in [0, 0.1) is 0 Å². The topological polar surface area (TPSA) is 55.1 Å². The Morgan fingerprint density at radius 2 is 2.14 bits per heavy atom. The van der Waals surface area contributed by atoms with E-state index < -0.39 is 0 Å². The second kappa shape index (κ2) is 5.81. The van der Waals surface area contributed by atoms with E-state index in [1.165, 1.54) is 0 Å². The number of aromatic nitrogens is 4. The van der Waals surface area contributed by atoms with Gasteiger partial charge in [-0.3, -0.25) is 0 Å². The van der Waals surface area contributed by atoms with Crippen molar-refractivity contribution in [1.82, 2.24) is 19.6 Å². The highest BCUT2D eigenvalue weighted by Crippen LogP contribution is 2.26. The second-order valence-corrected chi connectivity index (χ2v) is 6.23. The molecule has 0 radical (unpaired) electrons. The van der Waals surface area contributed by atoms with Crippen LogP contribution in [0.5, 0.6) is 0 Å². The Morgan fingerprint density at radius 3 is 2.81 bits per heavy atom. The lowest BCUT2D eigenvalue weighted by molar-refractivity contribution is 0.736. The van der Waals surface area contributed by atoms with Crippen molar-refractivity contribution in [1.29, 1.82) is 0 Å². The van der Waals surface area contributed by atoms with Crippen molar-refractivity contribution < 1.29 is 0 Å². The fourth-order valence-electron chi connectivity index (χ4n) is 2.24. The summed E-state index contributed by atoms with van der Waals surface area (Å²) in [6.45, 7) is 6.44. The van der Waals surface area contributed by atoms with Crippen molar-refractivity contribution in [2.75, 3.05) is 5.32 Å². The van der Waals surface area contributed by atoms with Gasteiger partial charge in [0.1, 0.15) is 10.5 Å². The van der Waals surface area contributed by atoms with Crippen molar-refractivity contribution in [2.45, 2.75) is 39.2 Å². The van der Waals surface area contributed by atoms with Gasteiger partial charge in [0.15, 0.2) is 5.82 Å². The van der Waals surface area contributed by atoms with Crippen molar-refractivity contribution in [3.63, 3.8) is 0 Å². The van der Waals surface area contributed by atoms with Crippen LogP contribution in [0.25, 0.3) is 5.52 Å². The van der Waals surface area contributed by atoms with E-state index in [1.807, 2.05) is 22.3 Å². The molecule has 0 aromatic carbocycles. The Balaban J connectivity index is 1.96. The molecule has 3 rings (SSSR count). The third kappa shape index (κ3) is 2.76. The van der Waals surface area contributed by atoms with Crippen LogP contribution in [0.3, 0.4) is 0 Å². The summed E-state index contributed by atoms with van der Waals surface area (Å²) in [6, 6.07) is 2.29. The summed E-state index contributed by atoms with van der Waals surface area (Å²) in [6.07, 6.45) is 6.47. The molecular weight excluding hydrogens is 282 g/mol. The van der Waals surface area contributed by atoms with Gasteiger partial charge >= 0.3 is 0 Å². The van der Waals surface area contributed by atoms with Gasteiger partial charge in [0, 0.05) is 24.0 Å². The van der Waals surface area contributed by atoms with Gasteiger partial charge in [0.2, 0.25) is 0 Å². The first-order valence-corrected chi connectivity index (χ1v) is 8.07. The van der Waals surface area contributed by atoms with Crippen molar-refractivity contribution in [3.05, 3.63) is 40.7 Å². The first-order chi connectivity index (χ1) is 10.2. The highest BCUT2D eigenvalue weighted by Gasteiger charge is 2.15. The molecule has 0 saturated heterocycles. The number of hydrogen-bond donors (Lipinski definition) is 1. The highest BCUT2D eigenvalue weighted by atomic mass is 32.1. The molecule has 0 spiro atoms. The summed E-state index contributed by atoms with van der Waals surface area (Å²) in [4.78, 5) is 8.88. The average molecular weight is 301 g/mol. The van der Waals surface area contributed by atoms with Gasteiger partial charge in [-0.2, -0.15) is 5.10 Å². The number of nitrogens with zero attached hydrogens (tertiary/aromatic N) is 4. The SMILES string of the molecule is CCC(Nc1nccn2nc(C(C)C)cc12)c1nccs1. The van der Waals surface area contributed by atoms with E-state index in [4.69, 9.17) is 0 Å². The molecule has 0 saturated carbocycles. The molecule has 0 aliphatic rings. The van der Waals surface area contributed by atoms with Crippen molar-refractivity contribution >= 4 is 22.7 Å². The molecule has 0 aliphatic carbocycles. The molecule has 110 valence electrons. The van der Waals surface area contributed by atoms with Gasteiger partial charge in [-0.25, -0.2) is 14.5 Å². The maximum absolute atomic E-state index is 4.59. The van der Waals surface area contributed by atoms with Crippen LogP contribution in [0.4, 0.5) is 5.82 Å². The molecule has 3 heterocycles. The van der Waals surface area contributed by atoms with E-state index in [0.29, 0.717) is 5.92 Å².